The molecule has 24 heavy (non-hydrogen) atoms. The Morgan fingerprint density at radius 2 is 1.83 bits per heavy atom. The van der Waals surface area contributed by atoms with Gasteiger partial charge in [-0.1, -0.05) is 26.0 Å². The minimum atomic E-state index is -0.106. The average molecular weight is 333 g/mol. The Balaban J connectivity index is 1.90. The molecule has 0 bridgehead atoms. The number of nitrogens with one attached hydrogen (secondary N) is 1. The van der Waals surface area contributed by atoms with Crippen LogP contribution in [0, 0.1) is 5.92 Å². The zero-order chi connectivity index (χ0) is 17.7. The molecule has 5 heteroatoms. The van der Waals surface area contributed by atoms with Crippen molar-refractivity contribution >= 4 is 11.6 Å². The van der Waals surface area contributed by atoms with E-state index in [1.54, 1.807) is 0 Å². The zero-order valence-electron chi connectivity index (χ0n) is 15.3. The Morgan fingerprint density at radius 3 is 2.38 bits per heavy atom. The van der Waals surface area contributed by atoms with Crippen LogP contribution in [0.15, 0.2) is 24.3 Å². The van der Waals surface area contributed by atoms with Gasteiger partial charge in [0, 0.05) is 25.3 Å². The molecule has 5 nitrogen and oxygen atoms in total. The minimum Gasteiger partial charge on any atom is -0.399 e. The Kier molecular flexibility index (Phi) is 6.63. The lowest BCUT2D eigenvalue weighted by Crippen LogP contribution is -2.57. The Bertz CT molecular complexity index is 520. The van der Waals surface area contributed by atoms with E-state index in [1.807, 2.05) is 24.3 Å². The fraction of sp³-hybridized carbons (Fsp3) is 0.632. The fourth-order valence-corrected chi connectivity index (χ4v) is 3.45. The maximum Gasteiger partial charge on any atom is 0.237 e. The molecule has 134 valence electrons. The molecule has 0 radical (unpaired) electrons. The number of hydrogen-bond donors (Lipinski definition) is 2. The number of hydrogen-bond acceptors (Lipinski definition) is 4. The molecule has 1 aliphatic rings. The van der Waals surface area contributed by atoms with Gasteiger partial charge >= 0.3 is 0 Å². The van der Waals surface area contributed by atoms with E-state index < -0.39 is 0 Å². The Hall–Kier alpha value is -1.59. The van der Waals surface area contributed by atoms with Crippen LogP contribution >= 0.6 is 0 Å². The van der Waals surface area contributed by atoms with Crippen molar-refractivity contribution in [2.45, 2.75) is 52.4 Å². The Morgan fingerprint density at radius 1 is 1.25 bits per heavy atom. The van der Waals surface area contributed by atoms with Crippen LogP contribution in [-0.2, 0) is 16.0 Å². The molecule has 1 aliphatic heterocycles. The highest BCUT2D eigenvalue weighted by Gasteiger charge is 2.33. The van der Waals surface area contributed by atoms with Crippen LogP contribution in [0.5, 0.6) is 0 Å². The summed E-state index contributed by atoms with van der Waals surface area (Å²) in [6.45, 7) is 10.6. The topological polar surface area (TPSA) is 67.6 Å². The number of rotatable bonds is 6. The summed E-state index contributed by atoms with van der Waals surface area (Å²) in [7, 11) is 0. The van der Waals surface area contributed by atoms with E-state index in [4.69, 9.17) is 10.5 Å². The van der Waals surface area contributed by atoms with Crippen molar-refractivity contribution in [2.24, 2.45) is 5.92 Å². The highest BCUT2D eigenvalue weighted by molar-refractivity contribution is 5.82. The number of nitrogens with two attached hydrogens (primary N) is 1. The lowest BCUT2D eigenvalue weighted by atomic mass is 9.99. The van der Waals surface area contributed by atoms with Crippen molar-refractivity contribution in [3.05, 3.63) is 29.8 Å². The molecule has 0 aromatic heterocycles. The standard InChI is InChI=1S/C19H31N3O2/c1-13(2)18(22-11-14(3)24-15(4)12-22)19(23)21-10-9-16-5-7-17(20)8-6-16/h5-8,13-15,18H,9-12,20H2,1-4H3,(H,21,23). The predicted molar refractivity (Wildman–Crippen MR) is 97.8 cm³/mol. The van der Waals surface area contributed by atoms with Crippen LogP contribution in [0.1, 0.15) is 33.3 Å². The molecule has 3 unspecified atom stereocenters. The quantitative estimate of drug-likeness (QED) is 0.782. The van der Waals surface area contributed by atoms with Gasteiger partial charge in [0.15, 0.2) is 0 Å². The van der Waals surface area contributed by atoms with Gasteiger partial charge in [-0.05, 0) is 43.9 Å². The summed E-state index contributed by atoms with van der Waals surface area (Å²) in [5.74, 6) is 0.376. The maximum atomic E-state index is 12.7. The van der Waals surface area contributed by atoms with Crippen molar-refractivity contribution in [1.82, 2.24) is 10.2 Å². The van der Waals surface area contributed by atoms with Crippen LogP contribution in [0.25, 0.3) is 0 Å². The summed E-state index contributed by atoms with van der Waals surface area (Å²) < 4.78 is 5.79. The third-order valence-electron chi connectivity index (χ3n) is 4.43. The SMILES string of the molecule is CC1CN(C(C(=O)NCCc2ccc(N)cc2)C(C)C)CC(C)O1. The number of nitrogen functional groups attached to an aromatic ring is 1. The first-order valence-corrected chi connectivity index (χ1v) is 8.88. The van der Waals surface area contributed by atoms with E-state index in [2.05, 4.69) is 37.9 Å². The van der Waals surface area contributed by atoms with Crippen LogP contribution < -0.4 is 11.1 Å². The average Bonchev–Trinajstić information content (AvgIpc) is 2.48. The predicted octanol–water partition coefficient (Wildman–Crippen LogP) is 2.06. The highest BCUT2D eigenvalue weighted by Crippen LogP contribution is 2.18. The van der Waals surface area contributed by atoms with E-state index >= 15 is 0 Å². The molecular weight excluding hydrogens is 302 g/mol. The maximum absolute atomic E-state index is 12.7. The lowest BCUT2D eigenvalue weighted by molar-refractivity contribution is -0.135. The second-order valence-electron chi connectivity index (χ2n) is 7.18. The molecule has 1 saturated heterocycles. The molecule has 0 saturated carbocycles. The van der Waals surface area contributed by atoms with Gasteiger partial charge in [-0.15, -0.1) is 0 Å². The number of nitrogens with zero attached hydrogens (tertiary/aromatic N) is 1. The van der Waals surface area contributed by atoms with Gasteiger partial charge in [0.05, 0.1) is 18.2 Å². The molecule has 0 spiro atoms. The van der Waals surface area contributed by atoms with Crippen LogP contribution in [0.2, 0.25) is 0 Å². The summed E-state index contributed by atoms with van der Waals surface area (Å²) in [4.78, 5) is 15.0. The van der Waals surface area contributed by atoms with Crippen molar-refractivity contribution in [3.63, 3.8) is 0 Å². The van der Waals surface area contributed by atoms with Crippen molar-refractivity contribution in [2.75, 3.05) is 25.4 Å². The number of anilines is 1. The first kappa shape index (κ1) is 18.7. The minimum absolute atomic E-state index is 0.106. The number of amides is 1. The second-order valence-corrected chi connectivity index (χ2v) is 7.18. The van der Waals surface area contributed by atoms with E-state index in [1.165, 1.54) is 5.56 Å². The summed E-state index contributed by atoms with van der Waals surface area (Å²) in [6.07, 6.45) is 1.14. The molecule has 1 fully saturated rings. The summed E-state index contributed by atoms with van der Waals surface area (Å²) in [5, 5.41) is 3.10. The number of morpholine rings is 1. The van der Waals surface area contributed by atoms with Gasteiger partial charge in [0.25, 0.3) is 0 Å². The zero-order valence-corrected chi connectivity index (χ0v) is 15.3. The third-order valence-corrected chi connectivity index (χ3v) is 4.43. The van der Waals surface area contributed by atoms with Crippen LogP contribution in [-0.4, -0.2) is 48.7 Å². The lowest BCUT2D eigenvalue weighted by Gasteiger charge is -2.41. The van der Waals surface area contributed by atoms with Crippen molar-refractivity contribution in [1.29, 1.82) is 0 Å². The van der Waals surface area contributed by atoms with Gasteiger partial charge in [0.1, 0.15) is 0 Å². The van der Waals surface area contributed by atoms with Gasteiger partial charge in [-0.2, -0.15) is 0 Å². The van der Waals surface area contributed by atoms with Gasteiger partial charge in [-0.25, -0.2) is 0 Å². The monoisotopic (exact) mass is 333 g/mol. The summed E-state index contributed by atoms with van der Waals surface area (Å²) >= 11 is 0. The van der Waals surface area contributed by atoms with E-state index in [9.17, 15) is 4.79 Å². The first-order chi connectivity index (χ1) is 11.4. The molecule has 1 amide bonds. The van der Waals surface area contributed by atoms with Crippen LogP contribution in [0.4, 0.5) is 5.69 Å². The van der Waals surface area contributed by atoms with E-state index in [0.717, 1.165) is 25.2 Å². The molecule has 0 aliphatic carbocycles. The first-order valence-electron chi connectivity index (χ1n) is 8.88. The largest absolute Gasteiger partial charge is 0.399 e. The van der Waals surface area contributed by atoms with E-state index in [-0.39, 0.29) is 30.1 Å². The third kappa shape index (κ3) is 5.21. The molecule has 1 heterocycles. The number of carbonyl (C=O) groups is 1. The fourth-order valence-electron chi connectivity index (χ4n) is 3.45. The molecule has 3 atom stereocenters. The molecule has 1 aromatic rings. The number of benzene rings is 1. The number of ether oxygens (including phenoxy) is 1. The normalized spacial score (nSPS) is 23.2. The molecule has 1 aromatic carbocycles. The summed E-state index contributed by atoms with van der Waals surface area (Å²) in [5.41, 5.74) is 7.64. The number of carbonyl (C=O) groups excluding carboxylic acids is 1. The highest BCUT2D eigenvalue weighted by atomic mass is 16.5. The van der Waals surface area contributed by atoms with Crippen molar-refractivity contribution < 1.29 is 9.53 Å². The molecule has 2 rings (SSSR count). The van der Waals surface area contributed by atoms with E-state index in [0.29, 0.717) is 6.54 Å². The van der Waals surface area contributed by atoms with Gasteiger partial charge < -0.3 is 15.8 Å². The van der Waals surface area contributed by atoms with Gasteiger partial charge in [-0.3, -0.25) is 9.69 Å². The van der Waals surface area contributed by atoms with Gasteiger partial charge in [0.2, 0.25) is 5.91 Å². The Labute approximate surface area is 145 Å². The molecule has 3 N–H and O–H groups in total. The smallest absolute Gasteiger partial charge is 0.237 e. The summed E-state index contributed by atoms with van der Waals surface area (Å²) in [6, 6.07) is 7.69. The van der Waals surface area contributed by atoms with Crippen molar-refractivity contribution in [3.8, 4) is 0 Å². The van der Waals surface area contributed by atoms with Crippen LogP contribution in [0.3, 0.4) is 0 Å². The second kappa shape index (κ2) is 8.49. The molecular formula is C19H31N3O2.